The van der Waals surface area contributed by atoms with Gasteiger partial charge < -0.3 is 4.57 Å². The van der Waals surface area contributed by atoms with Gasteiger partial charge in [-0.15, -0.1) is 11.8 Å². The lowest BCUT2D eigenvalue weighted by molar-refractivity contribution is 0.0986. The van der Waals surface area contributed by atoms with Crippen LogP contribution in [0.4, 0.5) is 9.52 Å². The van der Waals surface area contributed by atoms with Crippen LogP contribution in [0.5, 0.6) is 0 Å². The van der Waals surface area contributed by atoms with Gasteiger partial charge in [0.2, 0.25) is 0 Å². The predicted octanol–water partition coefficient (Wildman–Crippen LogP) is 5.87. The summed E-state index contributed by atoms with van der Waals surface area (Å²) >= 11 is 3.06. The molecule has 31 heavy (non-hydrogen) atoms. The highest BCUT2D eigenvalue weighted by atomic mass is 32.2. The molecule has 0 atom stereocenters. The van der Waals surface area contributed by atoms with Crippen molar-refractivity contribution in [2.45, 2.75) is 37.0 Å². The highest BCUT2D eigenvalue weighted by Crippen LogP contribution is 2.31. The molecule has 0 spiro atoms. The Balaban J connectivity index is 1.62. The van der Waals surface area contributed by atoms with E-state index < -0.39 is 0 Å². The van der Waals surface area contributed by atoms with E-state index in [4.69, 9.17) is 0 Å². The maximum absolute atomic E-state index is 13.7. The highest BCUT2D eigenvalue weighted by molar-refractivity contribution is 7.99. The molecule has 0 aliphatic heterocycles. The Kier molecular flexibility index (Phi) is 6.67. The summed E-state index contributed by atoms with van der Waals surface area (Å²) in [5.74, 6) is -0.407. The maximum Gasteiger partial charge on any atom is 0.260 e. The summed E-state index contributed by atoms with van der Waals surface area (Å²) in [6.45, 7) is 5.50. The third-order valence-corrected chi connectivity index (χ3v) is 6.66. The van der Waals surface area contributed by atoms with Crippen molar-refractivity contribution in [3.05, 3.63) is 72.6 Å². The molecule has 0 N–H and O–H groups in total. The molecule has 4 rings (SSSR count). The fraction of sp³-hybridized carbons (Fsp3) is 0.261. The molecule has 2 heterocycles. The largest absolute Gasteiger partial charge is 0.337 e. The summed E-state index contributed by atoms with van der Waals surface area (Å²) in [4.78, 5) is 25.0. The van der Waals surface area contributed by atoms with E-state index in [2.05, 4.69) is 23.8 Å². The average molecular weight is 455 g/mol. The summed E-state index contributed by atoms with van der Waals surface area (Å²) in [6, 6.07) is 12.2. The number of nitrogens with zero attached hydrogens (tertiary/aromatic N) is 4. The Hall–Kier alpha value is -2.71. The Morgan fingerprint density at radius 2 is 2.13 bits per heavy atom. The lowest BCUT2D eigenvalue weighted by Crippen LogP contribution is -2.32. The molecule has 0 saturated heterocycles. The number of halogens is 1. The zero-order valence-electron chi connectivity index (χ0n) is 17.4. The van der Waals surface area contributed by atoms with Crippen molar-refractivity contribution in [1.82, 2.24) is 14.5 Å². The SMILES string of the molecule is CC(C)Sc1cccc(C(=O)N(CCCn2ccnc2)c2nc3ccc(F)cc3s2)c1. The van der Waals surface area contributed by atoms with E-state index in [1.165, 1.54) is 23.5 Å². The van der Waals surface area contributed by atoms with Crippen molar-refractivity contribution in [3.8, 4) is 0 Å². The first-order valence-corrected chi connectivity index (χ1v) is 11.8. The third kappa shape index (κ3) is 5.32. The van der Waals surface area contributed by atoms with Gasteiger partial charge in [0.1, 0.15) is 5.82 Å². The van der Waals surface area contributed by atoms with Gasteiger partial charge in [-0.2, -0.15) is 0 Å². The van der Waals surface area contributed by atoms with Crippen molar-refractivity contribution in [2.24, 2.45) is 0 Å². The molecule has 0 radical (unpaired) electrons. The van der Waals surface area contributed by atoms with Gasteiger partial charge in [0.05, 0.1) is 16.5 Å². The molecule has 0 fully saturated rings. The Labute approximate surface area is 188 Å². The first-order chi connectivity index (χ1) is 15.0. The minimum Gasteiger partial charge on any atom is -0.337 e. The van der Waals surface area contributed by atoms with Gasteiger partial charge in [-0.05, 0) is 42.8 Å². The van der Waals surface area contributed by atoms with Gasteiger partial charge in [0, 0.05) is 41.2 Å². The molecule has 1 amide bonds. The van der Waals surface area contributed by atoms with E-state index in [-0.39, 0.29) is 11.7 Å². The monoisotopic (exact) mass is 454 g/mol. The minimum absolute atomic E-state index is 0.101. The minimum atomic E-state index is -0.306. The molecule has 5 nitrogen and oxygen atoms in total. The maximum atomic E-state index is 13.7. The molecule has 0 aliphatic rings. The number of carbonyl (C=O) groups is 1. The number of thiazole rings is 1. The van der Waals surface area contributed by atoms with Crippen LogP contribution in [-0.4, -0.2) is 32.2 Å². The second-order valence-electron chi connectivity index (χ2n) is 7.41. The topological polar surface area (TPSA) is 51.0 Å². The number of benzene rings is 2. The number of fused-ring (bicyclic) bond motifs is 1. The summed E-state index contributed by atoms with van der Waals surface area (Å²) in [5, 5.41) is 1.01. The quantitative estimate of drug-likeness (QED) is 0.313. The van der Waals surface area contributed by atoms with Crippen LogP contribution in [-0.2, 0) is 6.54 Å². The van der Waals surface area contributed by atoms with Gasteiger partial charge in [0.15, 0.2) is 5.13 Å². The average Bonchev–Trinajstić information content (AvgIpc) is 3.39. The van der Waals surface area contributed by atoms with Gasteiger partial charge >= 0.3 is 0 Å². The zero-order chi connectivity index (χ0) is 21.8. The van der Waals surface area contributed by atoms with Gasteiger partial charge in [-0.25, -0.2) is 14.4 Å². The van der Waals surface area contributed by atoms with Crippen LogP contribution < -0.4 is 4.90 Å². The standard InChI is InChI=1S/C23H23FN4OS2/c1-16(2)30-19-6-3-5-17(13-19)22(29)28(11-4-10-27-12-9-25-15-27)23-26-20-8-7-18(24)14-21(20)31-23/h3,5-9,12-16H,4,10-11H2,1-2H3. The Bertz CT molecular complexity index is 1170. The second-order valence-corrected chi connectivity index (χ2v) is 10.1. The second kappa shape index (κ2) is 9.62. The molecule has 4 aromatic rings. The number of hydrogen-bond acceptors (Lipinski definition) is 5. The van der Waals surface area contributed by atoms with Gasteiger partial charge in [0.25, 0.3) is 5.91 Å². The normalized spacial score (nSPS) is 11.4. The van der Waals surface area contributed by atoms with E-state index in [0.717, 1.165) is 22.6 Å². The molecule has 0 saturated carbocycles. The van der Waals surface area contributed by atoms with E-state index in [9.17, 15) is 9.18 Å². The number of hydrogen-bond donors (Lipinski definition) is 0. The van der Waals surface area contributed by atoms with Crippen LogP contribution in [0.1, 0.15) is 30.6 Å². The first-order valence-electron chi connectivity index (χ1n) is 10.1. The number of aryl methyl sites for hydroxylation is 1. The predicted molar refractivity (Wildman–Crippen MR) is 126 cm³/mol. The molecule has 2 aromatic heterocycles. The third-order valence-electron chi connectivity index (χ3n) is 4.63. The molecule has 0 aliphatic carbocycles. The smallest absolute Gasteiger partial charge is 0.260 e. The van der Waals surface area contributed by atoms with Crippen molar-refractivity contribution in [2.75, 3.05) is 11.4 Å². The van der Waals surface area contributed by atoms with Crippen LogP contribution in [0.25, 0.3) is 10.2 Å². The van der Waals surface area contributed by atoms with Crippen molar-refractivity contribution in [1.29, 1.82) is 0 Å². The molecule has 2 aromatic carbocycles. The van der Waals surface area contributed by atoms with Gasteiger partial charge in [-0.3, -0.25) is 9.69 Å². The number of anilines is 1. The molecule has 0 unspecified atom stereocenters. The summed E-state index contributed by atoms with van der Waals surface area (Å²) < 4.78 is 16.4. The first kappa shape index (κ1) is 21.5. The molecule has 0 bridgehead atoms. The fourth-order valence-corrected chi connectivity index (χ4v) is 5.16. The van der Waals surface area contributed by atoms with E-state index in [1.807, 2.05) is 35.0 Å². The van der Waals surface area contributed by atoms with Crippen LogP contribution in [0.2, 0.25) is 0 Å². The zero-order valence-corrected chi connectivity index (χ0v) is 19.0. The van der Waals surface area contributed by atoms with Crippen LogP contribution in [0.3, 0.4) is 0 Å². The highest BCUT2D eigenvalue weighted by Gasteiger charge is 2.22. The Morgan fingerprint density at radius 1 is 1.26 bits per heavy atom. The number of thioether (sulfide) groups is 1. The van der Waals surface area contributed by atoms with Crippen molar-refractivity contribution < 1.29 is 9.18 Å². The number of carbonyl (C=O) groups excluding carboxylic acids is 1. The van der Waals surface area contributed by atoms with E-state index in [1.54, 1.807) is 35.3 Å². The number of amides is 1. The van der Waals surface area contributed by atoms with Crippen molar-refractivity contribution in [3.63, 3.8) is 0 Å². The molecule has 160 valence electrons. The Morgan fingerprint density at radius 3 is 2.90 bits per heavy atom. The van der Waals surface area contributed by atoms with E-state index >= 15 is 0 Å². The number of rotatable bonds is 8. The number of aromatic nitrogens is 3. The molecular weight excluding hydrogens is 431 g/mol. The van der Waals surface area contributed by atoms with Crippen LogP contribution in [0.15, 0.2) is 66.1 Å². The lowest BCUT2D eigenvalue weighted by Gasteiger charge is -2.20. The number of imidazole rings is 1. The molecular formula is C23H23FN4OS2. The summed E-state index contributed by atoms with van der Waals surface area (Å²) in [6.07, 6.45) is 6.15. The van der Waals surface area contributed by atoms with Crippen molar-refractivity contribution >= 4 is 44.4 Å². The fourth-order valence-electron chi connectivity index (χ4n) is 3.25. The van der Waals surface area contributed by atoms with Crippen LogP contribution in [0, 0.1) is 5.82 Å². The lowest BCUT2D eigenvalue weighted by atomic mass is 10.2. The van der Waals surface area contributed by atoms with Gasteiger partial charge in [-0.1, -0.05) is 31.3 Å². The summed E-state index contributed by atoms with van der Waals surface area (Å²) in [5.41, 5.74) is 1.32. The molecule has 8 heteroatoms. The van der Waals surface area contributed by atoms with Crippen LogP contribution >= 0.6 is 23.1 Å². The van der Waals surface area contributed by atoms with E-state index in [0.29, 0.717) is 28.0 Å². The summed E-state index contributed by atoms with van der Waals surface area (Å²) in [7, 11) is 0.